The van der Waals surface area contributed by atoms with Crippen LogP contribution in [0.2, 0.25) is 0 Å². The van der Waals surface area contributed by atoms with Crippen LogP contribution in [0.4, 0.5) is 14.9 Å². The fraction of sp³-hybridized carbons (Fsp3) is 0.738. The van der Waals surface area contributed by atoms with E-state index in [1.165, 1.54) is 7.11 Å². The Kier molecular flexibility index (Phi) is 14.8. The fourth-order valence-electron chi connectivity index (χ4n) is 8.93. The molecule has 3 unspecified atom stereocenters. The van der Waals surface area contributed by atoms with Crippen LogP contribution in [-0.4, -0.2) is 148 Å². The van der Waals surface area contributed by atoms with Crippen LogP contribution in [0.5, 0.6) is 0 Å². The first-order chi connectivity index (χ1) is 27.7. The number of amides is 1. The first-order valence-electron chi connectivity index (χ1n) is 20.9. The third-order valence-corrected chi connectivity index (χ3v) is 12.5. The predicted molar refractivity (Wildman–Crippen MR) is 218 cm³/mol. The van der Waals surface area contributed by atoms with Gasteiger partial charge in [-0.15, -0.1) is 5.10 Å². The lowest BCUT2D eigenvalue weighted by atomic mass is 9.83. The lowest BCUT2D eigenvalue weighted by molar-refractivity contribution is -0.289. The monoisotopic (exact) mass is 831 g/mol. The minimum Gasteiger partial charge on any atom is -0.455 e. The van der Waals surface area contributed by atoms with Crippen molar-refractivity contribution in [2.24, 2.45) is 5.92 Å². The first kappa shape index (κ1) is 46.3. The maximum Gasteiger partial charge on any atom is 0.410 e. The zero-order valence-corrected chi connectivity index (χ0v) is 36.4. The number of nitrogens with two attached hydrogens (primary N) is 1. The van der Waals surface area contributed by atoms with Crippen LogP contribution in [0, 0.1) is 5.92 Å². The lowest BCUT2D eigenvalue weighted by Crippen LogP contribution is -2.61. The minimum atomic E-state index is -3.10. The van der Waals surface area contributed by atoms with E-state index in [0.29, 0.717) is 56.7 Å². The molecule has 5 rings (SSSR count). The summed E-state index contributed by atoms with van der Waals surface area (Å²) < 4.78 is 49.0. The Morgan fingerprint density at radius 1 is 1.12 bits per heavy atom. The highest BCUT2D eigenvalue weighted by molar-refractivity contribution is 6.07. The Labute approximate surface area is 347 Å². The quantitative estimate of drug-likeness (QED) is 0.127. The summed E-state index contributed by atoms with van der Waals surface area (Å²) in [7, 11) is 5.19. The van der Waals surface area contributed by atoms with Crippen molar-refractivity contribution in [3.63, 3.8) is 0 Å². The summed E-state index contributed by atoms with van der Waals surface area (Å²) in [5, 5.41) is 23.5. The van der Waals surface area contributed by atoms with E-state index in [4.69, 9.17) is 29.4 Å². The molecule has 0 aliphatic carbocycles. The summed E-state index contributed by atoms with van der Waals surface area (Å²) in [6, 6.07) is 6.08. The number of halogens is 1. The minimum absolute atomic E-state index is 0.103. The molecule has 1 aromatic carbocycles. The molecule has 1 aromatic heterocycles. The van der Waals surface area contributed by atoms with Gasteiger partial charge >= 0.3 is 12.1 Å². The molecule has 1 amide bonds. The fourth-order valence-corrected chi connectivity index (χ4v) is 8.93. The molecule has 0 spiro atoms. The van der Waals surface area contributed by atoms with Crippen molar-refractivity contribution in [3.8, 4) is 11.3 Å². The molecule has 12 atom stereocenters. The number of carbonyl (C=O) groups is 3. The number of aromatic nitrogens is 3. The number of cyclic esters (lactones) is 1. The van der Waals surface area contributed by atoms with E-state index >= 15 is 4.39 Å². The number of alkyl halides is 1. The standard InChI is InChI=1S/C42H66FN7O9/c1-11-33-42(7)36(50(39(54)59-42)18-13-12-17-49-24-30(46-47-49)28-15-14-16-29(44)20-28)27(4)45-23-25(2)22-40(5,55-10)34(21-32(51)41(6,43)38(53)58-33)57-37-35(52)31(48(8)9)19-26(3)56-37/h14-16,20,24-27,31,33-37,45,52H,11-13,17-19,21-23,44H2,1-10H3/t25-,26?,27-,31?,33-,34-,35?,36-,37+,40-,41-,42-/m1/s1. The smallest absolute Gasteiger partial charge is 0.410 e. The van der Waals surface area contributed by atoms with E-state index in [-0.39, 0.29) is 24.5 Å². The summed E-state index contributed by atoms with van der Waals surface area (Å²) in [6.45, 7) is 13.3. The summed E-state index contributed by atoms with van der Waals surface area (Å²) in [5.41, 5.74) is 2.43. The zero-order valence-electron chi connectivity index (χ0n) is 36.4. The van der Waals surface area contributed by atoms with Crippen LogP contribution in [0.3, 0.4) is 0 Å². The second-order valence-electron chi connectivity index (χ2n) is 17.5. The number of carbonyl (C=O) groups excluding carboxylic acids is 3. The summed E-state index contributed by atoms with van der Waals surface area (Å²) in [4.78, 5) is 45.1. The molecule has 0 saturated carbocycles. The average molecular weight is 832 g/mol. The van der Waals surface area contributed by atoms with Gasteiger partial charge in [-0.25, -0.2) is 14.0 Å². The van der Waals surface area contributed by atoms with Crippen LogP contribution in [-0.2, 0) is 39.8 Å². The number of ether oxygens (including phenoxy) is 5. The second kappa shape index (κ2) is 18.9. The molecule has 59 heavy (non-hydrogen) atoms. The van der Waals surface area contributed by atoms with Crippen molar-refractivity contribution in [3.05, 3.63) is 30.5 Å². The number of fused-ring (bicyclic) bond motifs is 1. The molecule has 3 aliphatic heterocycles. The Hall–Kier alpha value is -3.74. The number of benzene rings is 1. The van der Waals surface area contributed by atoms with Gasteiger partial charge in [0.1, 0.15) is 17.9 Å². The number of likely N-dealkylation sites (N-methyl/N-ethyl adjacent to an activating group) is 1. The van der Waals surface area contributed by atoms with Gasteiger partial charge in [0, 0.05) is 50.0 Å². The summed E-state index contributed by atoms with van der Waals surface area (Å²) in [5.74, 6) is -2.58. The van der Waals surface area contributed by atoms with E-state index in [9.17, 15) is 19.5 Å². The number of aliphatic hydroxyl groups excluding tert-OH is 1. The number of hydrogen-bond donors (Lipinski definition) is 3. The number of anilines is 1. The molecule has 330 valence electrons. The normalized spacial score (nSPS) is 36.5. The van der Waals surface area contributed by atoms with E-state index in [1.807, 2.05) is 64.2 Å². The van der Waals surface area contributed by atoms with Crippen molar-refractivity contribution >= 4 is 23.5 Å². The highest BCUT2D eigenvalue weighted by atomic mass is 19.1. The number of ketones is 1. The SMILES string of the molecule is CC[C@H]1OC(=O)[C@](C)(F)C(=O)C[C@@H](O[C@@H]2OC(C)CC(N(C)C)C2O)[C@](C)(OC)C[C@@H](C)CN[C@H](C)[C@H]2N(CCCCn3cc(-c4cccc(N)c4)nn3)C(=O)O[C@]12C. The second-order valence-corrected chi connectivity index (χ2v) is 17.5. The molecular weight excluding hydrogens is 765 g/mol. The van der Waals surface area contributed by atoms with Crippen LogP contribution < -0.4 is 11.1 Å². The number of rotatable bonds is 11. The number of hydrogen-bond acceptors (Lipinski definition) is 14. The van der Waals surface area contributed by atoms with Crippen LogP contribution in [0.25, 0.3) is 11.3 Å². The number of methoxy groups -OCH3 is 1. The number of unbranched alkanes of at least 4 members (excludes halogenated alkanes) is 1. The van der Waals surface area contributed by atoms with Gasteiger partial charge < -0.3 is 44.7 Å². The van der Waals surface area contributed by atoms with Gasteiger partial charge in [-0.2, -0.15) is 0 Å². The molecule has 17 heteroatoms. The molecular formula is C42H66FN7O9. The Bertz CT molecular complexity index is 1760. The highest BCUT2D eigenvalue weighted by Crippen LogP contribution is 2.40. The van der Waals surface area contributed by atoms with E-state index < -0.39 is 77.8 Å². The molecule has 16 nitrogen and oxygen atoms in total. The number of aryl methyl sites for hydroxylation is 1. The van der Waals surface area contributed by atoms with Crippen LogP contribution >= 0.6 is 0 Å². The molecule has 4 N–H and O–H groups in total. The van der Waals surface area contributed by atoms with E-state index in [2.05, 4.69) is 15.6 Å². The van der Waals surface area contributed by atoms with Crippen LogP contribution in [0.1, 0.15) is 87.0 Å². The molecule has 3 saturated heterocycles. The first-order valence-corrected chi connectivity index (χ1v) is 20.9. The molecule has 3 fully saturated rings. The van der Waals surface area contributed by atoms with Crippen molar-refractivity contribution < 1.29 is 47.6 Å². The van der Waals surface area contributed by atoms with Crippen molar-refractivity contribution in [1.82, 2.24) is 30.1 Å². The van der Waals surface area contributed by atoms with Crippen molar-refractivity contribution in [1.29, 1.82) is 0 Å². The molecule has 0 bridgehead atoms. The Balaban J connectivity index is 1.38. The zero-order chi connectivity index (χ0) is 43.4. The Morgan fingerprint density at radius 3 is 2.49 bits per heavy atom. The maximum atomic E-state index is 16.7. The van der Waals surface area contributed by atoms with Gasteiger partial charge in [-0.1, -0.05) is 31.2 Å². The van der Waals surface area contributed by atoms with Gasteiger partial charge in [0.05, 0.1) is 30.0 Å². The number of aliphatic hydroxyl groups is 1. The predicted octanol–water partition coefficient (Wildman–Crippen LogP) is 4.13. The summed E-state index contributed by atoms with van der Waals surface area (Å²) >= 11 is 0. The largest absolute Gasteiger partial charge is 0.455 e. The van der Waals surface area contributed by atoms with Gasteiger partial charge in [0.2, 0.25) is 0 Å². The van der Waals surface area contributed by atoms with Gasteiger partial charge in [-0.05, 0) is 105 Å². The van der Waals surface area contributed by atoms with Gasteiger partial charge in [0.25, 0.3) is 5.67 Å². The van der Waals surface area contributed by atoms with Gasteiger partial charge in [-0.3, -0.25) is 14.4 Å². The molecule has 4 heterocycles. The van der Waals surface area contributed by atoms with Gasteiger partial charge in [0.15, 0.2) is 17.7 Å². The summed E-state index contributed by atoms with van der Waals surface area (Å²) in [6.07, 6.45) is -1.74. The van der Waals surface area contributed by atoms with Crippen molar-refractivity contribution in [2.75, 3.05) is 40.0 Å². The third kappa shape index (κ3) is 10.2. The molecule has 0 radical (unpaired) electrons. The topological polar surface area (TPSA) is 193 Å². The number of nitrogens with one attached hydrogen (secondary N) is 1. The highest BCUT2D eigenvalue weighted by Gasteiger charge is 2.59. The maximum absolute atomic E-state index is 16.7. The Morgan fingerprint density at radius 2 is 1.83 bits per heavy atom. The number of nitrogens with zero attached hydrogens (tertiary/aromatic N) is 5. The molecule has 3 aliphatic rings. The van der Waals surface area contributed by atoms with Crippen LogP contribution in [0.15, 0.2) is 30.5 Å². The number of nitrogen functional groups attached to an aromatic ring is 1. The average Bonchev–Trinajstić information content (AvgIpc) is 3.76. The number of esters is 1. The van der Waals surface area contributed by atoms with Crippen molar-refractivity contribution in [2.45, 2.75) is 159 Å². The third-order valence-electron chi connectivity index (χ3n) is 12.5. The number of Topliss-reactive ketones (excluding diaryl/α,β-unsaturated/α-hetero) is 1. The lowest BCUT2D eigenvalue weighted by Gasteiger charge is -2.45. The molecule has 2 aromatic rings. The van der Waals surface area contributed by atoms with E-state index in [1.54, 1.807) is 36.4 Å². The van der Waals surface area contributed by atoms with E-state index in [0.717, 1.165) is 12.5 Å².